The van der Waals surface area contributed by atoms with Crippen molar-refractivity contribution < 1.29 is 9.21 Å². The van der Waals surface area contributed by atoms with Gasteiger partial charge in [-0.3, -0.25) is 4.79 Å². The molecular formula is C10H7ClO2. The lowest BCUT2D eigenvalue weighted by molar-refractivity contribution is -0.111. The Morgan fingerprint density at radius 1 is 1.38 bits per heavy atom. The Bertz CT molecular complexity index is 445. The highest BCUT2D eigenvalue weighted by Crippen LogP contribution is 2.20. The molecule has 0 N–H and O–H groups in total. The van der Waals surface area contributed by atoms with Crippen LogP contribution in [0.1, 0.15) is 5.56 Å². The third kappa shape index (κ3) is 1.58. The number of hydrogen-bond donors (Lipinski definition) is 0. The van der Waals surface area contributed by atoms with E-state index in [1.54, 1.807) is 6.26 Å². The smallest absolute Gasteiger partial charge is 0.226 e. The highest BCUT2D eigenvalue weighted by atomic mass is 35.5. The fourth-order valence-electron chi connectivity index (χ4n) is 1.36. The van der Waals surface area contributed by atoms with Crippen molar-refractivity contribution in [3.05, 3.63) is 36.1 Å². The Labute approximate surface area is 80.1 Å². The molecule has 1 aromatic heterocycles. The monoisotopic (exact) mass is 196 g/mol. The average Bonchev–Trinajstić information content (AvgIpc) is 2.51. The van der Waals surface area contributed by atoms with Gasteiger partial charge in [0.2, 0.25) is 5.24 Å². The standard InChI is InChI=1S/C10H7ClO2/c11-10(12)6-7-2-1-3-9-8(7)4-5-13-9/h1-5H,6H2/i10+2. The molecule has 1 heterocycles. The van der Waals surface area contributed by atoms with Crippen LogP contribution in [0.25, 0.3) is 11.0 Å². The zero-order valence-electron chi connectivity index (χ0n) is 6.79. The minimum Gasteiger partial charge on any atom is -0.464 e. The second-order valence-corrected chi connectivity index (χ2v) is 3.20. The summed E-state index contributed by atoms with van der Waals surface area (Å²) in [6.07, 6.45) is 1.85. The van der Waals surface area contributed by atoms with E-state index < -0.39 is 0 Å². The van der Waals surface area contributed by atoms with Crippen molar-refractivity contribution in [3.63, 3.8) is 0 Å². The molecule has 0 unspecified atom stereocenters. The maximum atomic E-state index is 10.7. The van der Waals surface area contributed by atoms with Gasteiger partial charge in [0.25, 0.3) is 0 Å². The molecule has 0 fully saturated rings. The summed E-state index contributed by atoms with van der Waals surface area (Å²) in [5.41, 5.74) is 1.70. The number of benzene rings is 1. The summed E-state index contributed by atoms with van der Waals surface area (Å²) in [4.78, 5) is 10.7. The quantitative estimate of drug-likeness (QED) is 0.692. The van der Waals surface area contributed by atoms with Gasteiger partial charge in [-0.1, -0.05) is 12.1 Å². The summed E-state index contributed by atoms with van der Waals surface area (Å²) in [7, 11) is 0. The van der Waals surface area contributed by atoms with Crippen molar-refractivity contribution in [2.45, 2.75) is 6.42 Å². The molecule has 0 saturated carbocycles. The maximum absolute atomic E-state index is 10.7. The molecule has 2 aromatic rings. The molecule has 0 aliphatic carbocycles. The van der Waals surface area contributed by atoms with Gasteiger partial charge in [-0.05, 0) is 29.3 Å². The molecule has 0 saturated heterocycles. The molecule has 3 heteroatoms. The van der Waals surface area contributed by atoms with Crippen LogP contribution < -0.4 is 0 Å². The van der Waals surface area contributed by atoms with Gasteiger partial charge in [-0.2, -0.15) is 0 Å². The lowest BCUT2D eigenvalue weighted by Gasteiger charge is -1.97. The summed E-state index contributed by atoms with van der Waals surface area (Å²) >= 11 is 5.31. The van der Waals surface area contributed by atoms with Crippen LogP contribution in [0.2, 0.25) is 0 Å². The Balaban J connectivity index is 2.54. The van der Waals surface area contributed by atoms with Gasteiger partial charge in [-0.15, -0.1) is 0 Å². The third-order valence-electron chi connectivity index (χ3n) is 1.92. The van der Waals surface area contributed by atoms with Gasteiger partial charge in [0, 0.05) is 11.8 Å². The molecule has 0 bridgehead atoms. The molecule has 0 spiro atoms. The van der Waals surface area contributed by atoms with E-state index in [4.69, 9.17) is 16.0 Å². The Kier molecular flexibility index (Phi) is 2.07. The summed E-state index contributed by atoms with van der Waals surface area (Å²) in [5.74, 6) is 0. The van der Waals surface area contributed by atoms with Crippen LogP contribution >= 0.6 is 11.6 Å². The fraction of sp³-hybridized carbons (Fsp3) is 0.100. The molecule has 0 aliphatic heterocycles. The van der Waals surface area contributed by atoms with Gasteiger partial charge >= 0.3 is 0 Å². The van der Waals surface area contributed by atoms with Crippen molar-refractivity contribution >= 4 is 27.8 Å². The molecule has 66 valence electrons. The van der Waals surface area contributed by atoms with Crippen molar-refractivity contribution in [3.8, 4) is 0 Å². The molecule has 0 amide bonds. The van der Waals surface area contributed by atoms with Crippen molar-refractivity contribution in [2.24, 2.45) is 0 Å². The molecular weight excluding hydrogens is 190 g/mol. The molecule has 0 aliphatic rings. The number of rotatable bonds is 2. The number of halogens is 1. The van der Waals surface area contributed by atoms with E-state index in [9.17, 15) is 4.79 Å². The van der Waals surface area contributed by atoms with E-state index in [1.807, 2.05) is 24.3 Å². The van der Waals surface area contributed by atoms with Crippen LogP contribution in [0.15, 0.2) is 34.9 Å². The molecule has 13 heavy (non-hydrogen) atoms. The maximum Gasteiger partial charge on any atom is 0.226 e. The Morgan fingerprint density at radius 3 is 3.00 bits per heavy atom. The van der Waals surface area contributed by atoms with Crippen molar-refractivity contribution in [1.82, 2.24) is 0 Å². The molecule has 1 aromatic carbocycles. The zero-order valence-corrected chi connectivity index (χ0v) is 7.54. The van der Waals surface area contributed by atoms with Crippen molar-refractivity contribution in [1.29, 1.82) is 0 Å². The predicted molar refractivity (Wildman–Crippen MR) is 50.8 cm³/mol. The first-order valence-corrected chi connectivity index (χ1v) is 4.28. The van der Waals surface area contributed by atoms with E-state index in [0.29, 0.717) is 0 Å². The Morgan fingerprint density at radius 2 is 2.23 bits per heavy atom. The number of hydrogen-bond acceptors (Lipinski definition) is 2. The highest BCUT2D eigenvalue weighted by Gasteiger charge is 2.05. The summed E-state index contributed by atoms with van der Waals surface area (Å²) in [5, 5.41) is 0.602. The molecule has 2 rings (SSSR count). The van der Waals surface area contributed by atoms with Gasteiger partial charge in [0.1, 0.15) is 5.58 Å². The van der Waals surface area contributed by atoms with Crippen LogP contribution in [-0.2, 0) is 11.2 Å². The number of fused-ring (bicyclic) bond motifs is 1. The van der Waals surface area contributed by atoms with Crippen LogP contribution in [0.5, 0.6) is 0 Å². The zero-order chi connectivity index (χ0) is 9.26. The minimum absolute atomic E-state index is 0.248. The van der Waals surface area contributed by atoms with E-state index in [0.717, 1.165) is 16.5 Å². The topological polar surface area (TPSA) is 30.2 Å². The van der Waals surface area contributed by atoms with Crippen molar-refractivity contribution in [2.75, 3.05) is 0 Å². The number of carbonyl (C=O) groups is 1. The Hall–Kier alpha value is -1.28. The fourth-order valence-corrected chi connectivity index (χ4v) is 1.50. The highest BCUT2D eigenvalue weighted by molar-refractivity contribution is 6.63. The summed E-state index contributed by atoms with van der Waals surface area (Å²) < 4.78 is 5.19. The second kappa shape index (κ2) is 3.23. The molecule has 2 nitrogen and oxygen atoms in total. The number of carbonyl (C=O) groups excluding carboxylic acids is 1. The number of furan rings is 1. The summed E-state index contributed by atoms with van der Waals surface area (Å²) in [6.45, 7) is 0. The first-order chi connectivity index (χ1) is 6.27. The van der Waals surface area contributed by atoms with Gasteiger partial charge < -0.3 is 4.42 Å². The third-order valence-corrected chi connectivity index (χ3v) is 2.05. The minimum atomic E-state index is -0.353. The van der Waals surface area contributed by atoms with Gasteiger partial charge in [0.05, 0.1) is 6.26 Å². The van der Waals surface area contributed by atoms with Gasteiger partial charge in [-0.25, -0.2) is 0 Å². The van der Waals surface area contributed by atoms with E-state index in [1.165, 1.54) is 0 Å². The van der Waals surface area contributed by atoms with E-state index in [2.05, 4.69) is 0 Å². The first-order valence-electron chi connectivity index (χ1n) is 3.91. The van der Waals surface area contributed by atoms with Gasteiger partial charge in [0.15, 0.2) is 0 Å². The van der Waals surface area contributed by atoms with E-state index >= 15 is 0 Å². The summed E-state index contributed by atoms with van der Waals surface area (Å²) in [6, 6.07) is 7.42. The predicted octanol–water partition coefficient (Wildman–Crippen LogP) is 2.74. The van der Waals surface area contributed by atoms with Crippen LogP contribution in [-0.4, -0.2) is 5.24 Å². The van der Waals surface area contributed by atoms with Crippen LogP contribution in [0, 0.1) is 0 Å². The SMILES string of the molecule is O=[14C](Cl)Cc1cccc2occc12. The normalized spacial score (nSPS) is 10.5. The molecule has 0 atom stereocenters. The molecule has 0 radical (unpaired) electrons. The van der Waals surface area contributed by atoms with Crippen LogP contribution in [0.4, 0.5) is 0 Å². The lowest BCUT2D eigenvalue weighted by Crippen LogP contribution is -1.93. The second-order valence-electron chi connectivity index (χ2n) is 2.78. The average molecular weight is 197 g/mol. The largest absolute Gasteiger partial charge is 0.464 e. The lowest BCUT2D eigenvalue weighted by atomic mass is 10.1. The first kappa shape index (κ1) is 8.32. The van der Waals surface area contributed by atoms with Crippen LogP contribution in [0.3, 0.4) is 0 Å². The van der Waals surface area contributed by atoms with E-state index in [-0.39, 0.29) is 11.7 Å².